The Kier molecular flexibility index (Phi) is 8.84. The number of morpholine rings is 1. The van der Waals surface area contributed by atoms with Crippen LogP contribution in [-0.2, 0) is 18.9 Å². The summed E-state index contributed by atoms with van der Waals surface area (Å²) in [6, 6.07) is 0. The number of fused-ring (bicyclic) bond motifs is 4. The number of nitrogens with one attached hydrogen (secondary N) is 1. The topological polar surface area (TPSA) is 92.7 Å². The van der Waals surface area contributed by atoms with Crippen molar-refractivity contribution in [2.75, 3.05) is 53.4 Å². The van der Waals surface area contributed by atoms with Gasteiger partial charge in [-0.3, -0.25) is 4.90 Å². The van der Waals surface area contributed by atoms with E-state index in [0.29, 0.717) is 34.5 Å². The third kappa shape index (κ3) is 5.01. The molecule has 5 aliphatic carbocycles. The summed E-state index contributed by atoms with van der Waals surface area (Å²) < 4.78 is 26.3. The fourth-order valence-electron chi connectivity index (χ4n) is 14.6. The summed E-state index contributed by atoms with van der Waals surface area (Å²) in [6.45, 7) is 22.7. The molecule has 0 bridgehead atoms. The van der Waals surface area contributed by atoms with Crippen LogP contribution in [0.15, 0.2) is 0 Å². The van der Waals surface area contributed by atoms with E-state index in [1.807, 2.05) is 0 Å². The molecule has 8 fully saturated rings. The van der Waals surface area contributed by atoms with Gasteiger partial charge in [-0.15, -0.1) is 0 Å². The SMILES string of the molecule is CC(C)[C@@H](OC(=O)N(C)C)[C@H]1C[C@@H](C)[C@H]2[C@H](O1)[C@H](O)[C@@]1(C)[C@@H]3CC[C@H]4C(C)(C)[C@@H](O[C@H]5CN(CC6CNC6)CCO5)CC[C@@]45C[C@@]35CC[C@]21C. The molecule has 0 radical (unpaired) electrons. The molecule has 9 nitrogen and oxygen atoms in total. The minimum atomic E-state index is -0.522. The zero-order chi connectivity index (χ0) is 35.6. The fraction of sp³-hybridized carbons (Fsp3) is 0.976. The van der Waals surface area contributed by atoms with Crippen LogP contribution in [-0.4, -0.2) is 111 Å². The Morgan fingerprint density at radius 1 is 1.04 bits per heavy atom. The van der Waals surface area contributed by atoms with Crippen LogP contribution in [0.1, 0.15) is 99.8 Å². The minimum Gasteiger partial charge on any atom is -0.443 e. The van der Waals surface area contributed by atoms with Gasteiger partial charge in [0.1, 0.15) is 6.10 Å². The summed E-state index contributed by atoms with van der Waals surface area (Å²) in [5.41, 5.74) is 0.545. The molecule has 3 saturated heterocycles. The number of amides is 1. The van der Waals surface area contributed by atoms with Gasteiger partial charge in [-0.05, 0) is 109 Å². The molecule has 3 aliphatic heterocycles. The number of carbonyl (C=O) groups is 1. The largest absolute Gasteiger partial charge is 0.443 e. The molecule has 0 aromatic heterocycles. The maximum atomic E-state index is 12.7. The van der Waals surface area contributed by atoms with Crippen molar-refractivity contribution in [3.05, 3.63) is 0 Å². The van der Waals surface area contributed by atoms with E-state index in [9.17, 15) is 9.90 Å². The molecule has 0 unspecified atom stereocenters. The van der Waals surface area contributed by atoms with Gasteiger partial charge in [-0.2, -0.15) is 0 Å². The number of nitrogens with zero attached hydrogens (tertiary/aromatic N) is 2. The van der Waals surface area contributed by atoms with E-state index in [2.05, 4.69) is 58.7 Å². The summed E-state index contributed by atoms with van der Waals surface area (Å²) in [5.74, 6) is 2.71. The van der Waals surface area contributed by atoms with Gasteiger partial charge in [0.05, 0.1) is 31.0 Å². The Balaban J connectivity index is 1.00. The predicted molar refractivity (Wildman–Crippen MR) is 192 cm³/mol. The van der Waals surface area contributed by atoms with Crippen molar-refractivity contribution in [2.24, 2.45) is 62.6 Å². The molecule has 2 N–H and O–H groups in total. The summed E-state index contributed by atoms with van der Waals surface area (Å²) in [4.78, 5) is 16.8. The van der Waals surface area contributed by atoms with Crippen LogP contribution in [0, 0.1) is 62.6 Å². The van der Waals surface area contributed by atoms with Crippen molar-refractivity contribution >= 4 is 6.09 Å². The summed E-state index contributed by atoms with van der Waals surface area (Å²) >= 11 is 0. The Labute approximate surface area is 302 Å². The second-order valence-electron chi connectivity index (χ2n) is 20.3. The molecule has 0 aromatic carbocycles. The van der Waals surface area contributed by atoms with Crippen LogP contribution < -0.4 is 5.32 Å². The van der Waals surface area contributed by atoms with Gasteiger partial charge in [0, 0.05) is 52.2 Å². The van der Waals surface area contributed by atoms with Crippen molar-refractivity contribution in [3.63, 3.8) is 0 Å². The van der Waals surface area contributed by atoms with Crippen LogP contribution in [0.5, 0.6) is 0 Å². The third-order valence-electron chi connectivity index (χ3n) is 17.2. The molecule has 3 heterocycles. The maximum Gasteiger partial charge on any atom is 0.409 e. The molecule has 284 valence electrons. The second kappa shape index (κ2) is 12.3. The Hall–Kier alpha value is -0.970. The average molecular weight is 700 g/mol. The van der Waals surface area contributed by atoms with Gasteiger partial charge in [0.2, 0.25) is 0 Å². The van der Waals surface area contributed by atoms with Gasteiger partial charge >= 0.3 is 6.09 Å². The fourth-order valence-corrected chi connectivity index (χ4v) is 14.6. The first-order valence-electron chi connectivity index (χ1n) is 20.5. The van der Waals surface area contributed by atoms with Crippen LogP contribution in [0.25, 0.3) is 0 Å². The van der Waals surface area contributed by atoms with Crippen LogP contribution in [0.4, 0.5) is 4.79 Å². The van der Waals surface area contributed by atoms with Gasteiger partial charge in [0.25, 0.3) is 0 Å². The van der Waals surface area contributed by atoms with Crippen LogP contribution in [0.3, 0.4) is 0 Å². The summed E-state index contributed by atoms with van der Waals surface area (Å²) in [6.07, 6.45) is 7.84. The first-order chi connectivity index (χ1) is 23.6. The highest BCUT2D eigenvalue weighted by Crippen LogP contribution is 2.89. The molecule has 0 aromatic rings. The number of hydrogen-bond acceptors (Lipinski definition) is 8. The highest BCUT2D eigenvalue weighted by molar-refractivity contribution is 5.67. The molecule has 50 heavy (non-hydrogen) atoms. The van der Waals surface area contributed by atoms with Crippen molar-refractivity contribution in [3.8, 4) is 0 Å². The molecule has 1 amide bonds. The number of rotatable bonds is 7. The average Bonchev–Trinajstić information content (AvgIpc) is 3.67. The lowest BCUT2D eigenvalue weighted by Crippen LogP contribution is -2.60. The number of aliphatic hydroxyl groups is 1. The highest BCUT2D eigenvalue weighted by Gasteiger charge is 2.84. The molecule has 9 heteroatoms. The lowest BCUT2D eigenvalue weighted by Gasteiger charge is -2.64. The first-order valence-corrected chi connectivity index (χ1v) is 20.5. The molecule has 8 rings (SSSR count). The van der Waals surface area contributed by atoms with E-state index in [4.69, 9.17) is 18.9 Å². The van der Waals surface area contributed by atoms with E-state index >= 15 is 0 Å². The standard InChI is InChI=1S/C41H69N3O6/c1-24(2)33(50-36(46)43(8)9)27-18-25(3)32-34(48-27)35(45)39(7)29-11-10-28-37(4,5)30(12-13-40(28)23-41(29,40)15-14-38(32,39)6)49-31-22-44(16-17-47-31)21-26-19-42-20-26/h24-35,42,45H,10-23H2,1-9H3/t25-,27-,28+,29+,30+,31+,32+,33-,34+,35+,38-,39-,40-,41+/m1/s1. The summed E-state index contributed by atoms with van der Waals surface area (Å²) in [5, 5.41) is 16.1. The van der Waals surface area contributed by atoms with Gasteiger partial charge in [0.15, 0.2) is 6.29 Å². The number of ether oxygens (including phenoxy) is 4. The van der Waals surface area contributed by atoms with E-state index < -0.39 is 6.10 Å². The quantitative estimate of drug-likeness (QED) is 0.346. The molecular weight excluding hydrogens is 630 g/mol. The molecule has 14 atom stereocenters. The Bertz CT molecular complexity index is 1310. The van der Waals surface area contributed by atoms with Gasteiger partial charge in [-0.25, -0.2) is 4.79 Å². The normalized spacial score (nSPS) is 50.2. The minimum absolute atomic E-state index is 0.0111. The van der Waals surface area contributed by atoms with Crippen molar-refractivity contribution < 1.29 is 28.8 Å². The smallest absolute Gasteiger partial charge is 0.409 e. The van der Waals surface area contributed by atoms with Crippen molar-refractivity contribution in [2.45, 2.75) is 137 Å². The number of hydrogen-bond donors (Lipinski definition) is 2. The van der Waals surface area contributed by atoms with E-state index in [-0.39, 0.29) is 59.0 Å². The van der Waals surface area contributed by atoms with Gasteiger partial charge in [-0.1, -0.05) is 48.5 Å². The number of aliphatic hydroxyl groups excluding tert-OH is 1. The highest BCUT2D eigenvalue weighted by atomic mass is 16.7. The monoisotopic (exact) mass is 700 g/mol. The predicted octanol–water partition coefficient (Wildman–Crippen LogP) is 5.79. The van der Waals surface area contributed by atoms with Crippen LogP contribution in [0.2, 0.25) is 0 Å². The Morgan fingerprint density at radius 2 is 1.76 bits per heavy atom. The molecule has 2 spiro atoms. The van der Waals surface area contributed by atoms with Crippen molar-refractivity contribution in [1.82, 2.24) is 15.1 Å². The summed E-state index contributed by atoms with van der Waals surface area (Å²) in [7, 11) is 3.47. The van der Waals surface area contributed by atoms with Crippen LogP contribution >= 0.6 is 0 Å². The Morgan fingerprint density at radius 3 is 2.44 bits per heavy atom. The first kappa shape index (κ1) is 36.0. The van der Waals surface area contributed by atoms with E-state index in [1.165, 1.54) is 37.0 Å². The zero-order valence-corrected chi connectivity index (χ0v) is 32.7. The number of carbonyl (C=O) groups excluding carboxylic acids is 1. The second-order valence-corrected chi connectivity index (χ2v) is 20.3. The van der Waals surface area contributed by atoms with E-state index in [0.717, 1.165) is 64.5 Å². The molecular formula is C41H69N3O6. The third-order valence-corrected chi connectivity index (χ3v) is 17.2. The zero-order valence-electron chi connectivity index (χ0n) is 32.7. The lowest BCUT2D eigenvalue weighted by molar-refractivity contribution is -0.249. The molecule has 5 saturated carbocycles. The van der Waals surface area contributed by atoms with Gasteiger partial charge < -0.3 is 34.3 Å². The lowest BCUT2D eigenvalue weighted by atomic mass is 9.41. The maximum absolute atomic E-state index is 12.7. The van der Waals surface area contributed by atoms with E-state index in [1.54, 1.807) is 14.1 Å². The molecule has 8 aliphatic rings. The van der Waals surface area contributed by atoms with Crippen molar-refractivity contribution in [1.29, 1.82) is 0 Å².